The van der Waals surface area contributed by atoms with Gasteiger partial charge in [-0.3, -0.25) is 9.59 Å². The zero-order valence-corrected chi connectivity index (χ0v) is 15.7. The van der Waals surface area contributed by atoms with E-state index in [-0.39, 0.29) is 23.8 Å². The van der Waals surface area contributed by atoms with Crippen molar-refractivity contribution in [2.45, 2.75) is 31.9 Å². The van der Waals surface area contributed by atoms with Gasteiger partial charge in [0.05, 0.1) is 16.7 Å². The molecule has 0 fully saturated rings. The summed E-state index contributed by atoms with van der Waals surface area (Å²) in [6.45, 7) is 1.27. The lowest BCUT2D eigenvalue weighted by Gasteiger charge is -2.14. The molecule has 0 unspecified atom stereocenters. The van der Waals surface area contributed by atoms with Gasteiger partial charge < -0.3 is 9.47 Å². The van der Waals surface area contributed by atoms with E-state index >= 15 is 0 Å². The average molecular weight is 474 g/mol. The fraction of sp³-hybridized carbons (Fsp3) is 0.263. The normalized spacial score (nSPS) is 12.4. The Kier molecular flexibility index (Phi) is 6.81. The second kappa shape index (κ2) is 8.71. The number of hydrogen-bond acceptors (Lipinski definition) is 4. The van der Waals surface area contributed by atoms with Crippen LogP contribution in [0.25, 0.3) is 0 Å². The van der Waals surface area contributed by atoms with Crippen LogP contribution in [0.15, 0.2) is 36.4 Å². The van der Waals surface area contributed by atoms with Gasteiger partial charge in [0.15, 0.2) is 0 Å². The van der Waals surface area contributed by atoms with Gasteiger partial charge in [-0.05, 0) is 48.9 Å². The van der Waals surface area contributed by atoms with Crippen LogP contribution < -0.4 is 9.47 Å². The van der Waals surface area contributed by atoms with Crippen molar-refractivity contribution in [3.05, 3.63) is 58.7 Å². The molecule has 32 heavy (non-hydrogen) atoms. The molecule has 0 spiro atoms. The second-order valence-electron chi connectivity index (χ2n) is 6.40. The van der Waals surface area contributed by atoms with Crippen LogP contribution in [0.5, 0.6) is 11.5 Å². The summed E-state index contributed by atoms with van der Waals surface area (Å²) in [6.07, 6.45) is -16.4. The number of halogens is 9. The molecular weight excluding hydrogens is 463 g/mol. The molecule has 0 atom stereocenters. The van der Waals surface area contributed by atoms with Gasteiger partial charge >= 0.3 is 30.5 Å². The largest absolute Gasteiger partial charge is 0.426 e. The molecule has 0 aliphatic rings. The first-order valence-corrected chi connectivity index (χ1v) is 8.35. The molecule has 0 bridgehead atoms. The molecule has 0 N–H and O–H groups in total. The van der Waals surface area contributed by atoms with Gasteiger partial charge in [0.25, 0.3) is 0 Å². The molecule has 2 aromatic rings. The highest BCUT2D eigenvalue weighted by atomic mass is 19.4. The molecule has 0 aliphatic carbocycles. The van der Waals surface area contributed by atoms with Crippen LogP contribution in [-0.2, 0) is 28.1 Å². The van der Waals surface area contributed by atoms with Gasteiger partial charge in [0, 0.05) is 0 Å². The number of alkyl halides is 9. The Labute approximate surface area is 173 Å². The van der Waals surface area contributed by atoms with E-state index in [9.17, 15) is 49.1 Å². The standard InChI is InChI=1S/C19H11F9O4/c1-9-2-10(17(20,21)22)5-13(3-9)31-15(29)8-16(30)32-14-6-11(18(23,24)25)4-12(7-14)19(26,27)28/h2-7H,8H2,1H3. The maximum Gasteiger partial charge on any atom is 0.416 e. The minimum atomic E-state index is -5.19. The molecule has 4 nitrogen and oxygen atoms in total. The number of aryl methyl sites for hydroxylation is 1. The molecule has 0 radical (unpaired) electrons. The Morgan fingerprint density at radius 2 is 0.969 bits per heavy atom. The van der Waals surface area contributed by atoms with E-state index in [1.165, 1.54) is 6.92 Å². The fourth-order valence-electron chi connectivity index (χ4n) is 2.41. The van der Waals surface area contributed by atoms with Gasteiger partial charge in [-0.1, -0.05) is 0 Å². The lowest BCUT2D eigenvalue weighted by atomic mass is 10.1. The number of rotatable bonds is 4. The van der Waals surface area contributed by atoms with Crippen molar-refractivity contribution in [2.24, 2.45) is 0 Å². The lowest BCUT2D eigenvalue weighted by Crippen LogP contribution is -2.19. The predicted octanol–water partition coefficient (Wildman–Crippen LogP) is 5.95. The topological polar surface area (TPSA) is 52.6 Å². The summed E-state index contributed by atoms with van der Waals surface area (Å²) in [5.41, 5.74) is -4.59. The Bertz CT molecular complexity index is 989. The zero-order chi connectivity index (χ0) is 24.5. The minimum absolute atomic E-state index is 0.0637. The number of benzene rings is 2. The first-order chi connectivity index (χ1) is 14.4. The Hall–Kier alpha value is -3.25. The first-order valence-electron chi connectivity index (χ1n) is 8.35. The molecule has 0 aromatic heterocycles. The highest BCUT2D eigenvalue weighted by Gasteiger charge is 2.37. The summed E-state index contributed by atoms with van der Waals surface area (Å²) in [7, 11) is 0. The lowest BCUT2D eigenvalue weighted by molar-refractivity contribution is -0.147. The summed E-state index contributed by atoms with van der Waals surface area (Å²) in [5.74, 6) is -4.75. The molecule has 2 aromatic carbocycles. The van der Waals surface area contributed by atoms with Crippen LogP contribution in [0.2, 0.25) is 0 Å². The van der Waals surface area contributed by atoms with Crippen molar-refractivity contribution in [2.75, 3.05) is 0 Å². The van der Waals surface area contributed by atoms with E-state index in [4.69, 9.17) is 0 Å². The highest BCUT2D eigenvalue weighted by Crippen LogP contribution is 2.38. The van der Waals surface area contributed by atoms with E-state index in [2.05, 4.69) is 9.47 Å². The van der Waals surface area contributed by atoms with Crippen LogP contribution in [-0.4, -0.2) is 11.9 Å². The maximum atomic E-state index is 12.8. The van der Waals surface area contributed by atoms with Gasteiger partial charge in [-0.15, -0.1) is 0 Å². The SMILES string of the molecule is Cc1cc(OC(=O)CC(=O)Oc2cc(C(F)(F)F)cc(C(F)(F)F)c2)cc(C(F)(F)F)c1. The zero-order valence-electron chi connectivity index (χ0n) is 15.7. The average Bonchev–Trinajstić information content (AvgIpc) is 2.58. The number of carbonyl (C=O) groups is 2. The molecule has 0 amide bonds. The molecule has 13 heteroatoms. The van der Waals surface area contributed by atoms with Gasteiger partial charge in [0.1, 0.15) is 17.9 Å². The Morgan fingerprint density at radius 1 is 0.625 bits per heavy atom. The van der Waals surface area contributed by atoms with Crippen molar-refractivity contribution in [3.8, 4) is 11.5 Å². The molecular formula is C19H11F9O4. The second-order valence-corrected chi connectivity index (χ2v) is 6.40. The third-order valence-electron chi connectivity index (χ3n) is 3.69. The van der Waals surface area contributed by atoms with Crippen molar-refractivity contribution in [1.82, 2.24) is 0 Å². The third kappa shape index (κ3) is 6.89. The van der Waals surface area contributed by atoms with Gasteiger partial charge in [0.2, 0.25) is 0 Å². The van der Waals surface area contributed by atoms with Crippen molar-refractivity contribution >= 4 is 11.9 Å². The van der Waals surface area contributed by atoms with E-state index in [0.717, 1.165) is 12.1 Å². The highest BCUT2D eigenvalue weighted by molar-refractivity contribution is 5.93. The quantitative estimate of drug-likeness (QED) is 0.238. The van der Waals surface area contributed by atoms with Gasteiger partial charge in [-0.25, -0.2) is 0 Å². The van der Waals surface area contributed by atoms with Crippen molar-refractivity contribution < 1.29 is 58.6 Å². The van der Waals surface area contributed by atoms with E-state index in [1.54, 1.807) is 0 Å². The van der Waals surface area contributed by atoms with E-state index < -0.39 is 65.1 Å². The Balaban J connectivity index is 2.16. The maximum absolute atomic E-state index is 12.8. The molecule has 0 saturated carbocycles. The first kappa shape index (κ1) is 25.0. The molecule has 174 valence electrons. The van der Waals surface area contributed by atoms with E-state index in [1.807, 2.05) is 0 Å². The Morgan fingerprint density at radius 3 is 1.34 bits per heavy atom. The van der Waals surface area contributed by atoms with Crippen LogP contribution in [0.4, 0.5) is 39.5 Å². The molecule has 0 saturated heterocycles. The van der Waals surface area contributed by atoms with Crippen molar-refractivity contribution in [1.29, 1.82) is 0 Å². The van der Waals surface area contributed by atoms with E-state index in [0.29, 0.717) is 6.07 Å². The van der Waals surface area contributed by atoms with Crippen LogP contribution >= 0.6 is 0 Å². The summed E-state index contributed by atoms with van der Waals surface area (Å²) in [5, 5.41) is 0. The van der Waals surface area contributed by atoms with Crippen LogP contribution in [0.1, 0.15) is 28.7 Å². The number of esters is 2. The summed E-state index contributed by atoms with van der Waals surface area (Å²) in [4.78, 5) is 23.5. The molecule has 0 heterocycles. The third-order valence-corrected chi connectivity index (χ3v) is 3.69. The number of hydrogen-bond donors (Lipinski definition) is 0. The summed E-state index contributed by atoms with van der Waals surface area (Å²) >= 11 is 0. The smallest absolute Gasteiger partial charge is 0.416 e. The summed E-state index contributed by atoms with van der Waals surface area (Å²) in [6, 6.07) is 2.32. The number of carbonyl (C=O) groups excluding carboxylic acids is 2. The molecule has 0 aliphatic heterocycles. The van der Waals surface area contributed by atoms with Crippen LogP contribution in [0, 0.1) is 6.92 Å². The monoisotopic (exact) mass is 474 g/mol. The minimum Gasteiger partial charge on any atom is -0.426 e. The predicted molar refractivity (Wildman–Crippen MR) is 88.5 cm³/mol. The summed E-state index contributed by atoms with van der Waals surface area (Å²) < 4.78 is 124. The fourth-order valence-corrected chi connectivity index (χ4v) is 2.41. The number of ether oxygens (including phenoxy) is 2. The van der Waals surface area contributed by atoms with Crippen LogP contribution in [0.3, 0.4) is 0 Å². The van der Waals surface area contributed by atoms with Crippen molar-refractivity contribution in [3.63, 3.8) is 0 Å². The van der Waals surface area contributed by atoms with Gasteiger partial charge in [-0.2, -0.15) is 39.5 Å². The molecule has 2 rings (SSSR count).